The zero-order valence-electron chi connectivity index (χ0n) is 20.6. The van der Waals surface area contributed by atoms with Crippen LogP contribution in [-0.2, 0) is 13.6 Å². The number of hydrogen-bond acceptors (Lipinski definition) is 2. The highest BCUT2D eigenvalue weighted by molar-refractivity contribution is 6.13. The molecule has 2 saturated heterocycles. The predicted molar refractivity (Wildman–Crippen MR) is 142 cm³/mol. The second-order valence-electron chi connectivity index (χ2n) is 10.4. The lowest BCUT2D eigenvalue weighted by Gasteiger charge is -2.39. The Morgan fingerprint density at radius 2 is 1.57 bits per heavy atom. The van der Waals surface area contributed by atoms with Crippen LogP contribution in [0.1, 0.15) is 47.2 Å². The normalized spacial score (nSPS) is 21.9. The van der Waals surface area contributed by atoms with Gasteiger partial charge in [-0.1, -0.05) is 72.3 Å². The summed E-state index contributed by atoms with van der Waals surface area (Å²) in [5.74, 6) is 0.0564. The fourth-order valence-electron chi connectivity index (χ4n) is 6.42. The van der Waals surface area contributed by atoms with Crippen molar-refractivity contribution in [1.29, 1.82) is 0 Å². The number of rotatable bonds is 5. The minimum Gasteiger partial charge on any atom is -0.349 e. The van der Waals surface area contributed by atoms with E-state index in [4.69, 9.17) is 0 Å². The van der Waals surface area contributed by atoms with Crippen molar-refractivity contribution >= 4 is 16.8 Å². The Hall–Kier alpha value is -3.37. The maximum Gasteiger partial charge on any atom is 0.254 e. The molecule has 4 heteroatoms. The summed E-state index contributed by atoms with van der Waals surface area (Å²) in [5, 5.41) is 4.51. The summed E-state index contributed by atoms with van der Waals surface area (Å²) in [6, 6.07) is 28.8. The van der Waals surface area contributed by atoms with Crippen molar-refractivity contribution in [3.63, 3.8) is 0 Å². The van der Waals surface area contributed by atoms with Crippen LogP contribution in [-0.4, -0.2) is 33.5 Å². The molecule has 2 aliphatic rings. The number of fused-ring (bicyclic) bond motifs is 3. The summed E-state index contributed by atoms with van der Waals surface area (Å²) in [6.45, 7) is 3.11. The molecule has 1 aromatic heterocycles. The van der Waals surface area contributed by atoms with Crippen molar-refractivity contribution in [2.45, 2.75) is 57.3 Å². The van der Waals surface area contributed by atoms with Crippen LogP contribution in [0.4, 0.5) is 0 Å². The number of aryl methyl sites for hydroxylation is 2. The minimum absolute atomic E-state index is 0.0564. The zero-order valence-corrected chi connectivity index (χ0v) is 20.6. The molecule has 2 aliphatic heterocycles. The van der Waals surface area contributed by atoms with Gasteiger partial charge in [-0.05, 0) is 55.9 Å². The second-order valence-corrected chi connectivity index (χ2v) is 10.4. The molecule has 0 aliphatic carbocycles. The van der Waals surface area contributed by atoms with E-state index >= 15 is 0 Å². The Labute approximate surface area is 207 Å². The van der Waals surface area contributed by atoms with E-state index in [1.165, 1.54) is 24.0 Å². The zero-order chi connectivity index (χ0) is 23.9. The van der Waals surface area contributed by atoms with E-state index in [0.717, 1.165) is 47.1 Å². The van der Waals surface area contributed by atoms with E-state index in [1.807, 2.05) is 18.2 Å². The van der Waals surface area contributed by atoms with Gasteiger partial charge >= 0.3 is 0 Å². The molecule has 0 spiro atoms. The Morgan fingerprint density at radius 3 is 2.26 bits per heavy atom. The molecule has 1 unspecified atom stereocenters. The molecular weight excluding hydrogens is 430 g/mol. The van der Waals surface area contributed by atoms with E-state index in [9.17, 15) is 4.79 Å². The van der Waals surface area contributed by atoms with Crippen molar-refractivity contribution in [2.75, 3.05) is 0 Å². The van der Waals surface area contributed by atoms with Gasteiger partial charge in [0.15, 0.2) is 0 Å². The molecule has 0 radical (unpaired) electrons. The highest BCUT2D eigenvalue weighted by atomic mass is 16.1. The summed E-state index contributed by atoms with van der Waals surface area (Å²) in [6.07, 6.45) is 4.51. The molecule has 3 aromatic carbocycles. The number of piperidine rings is 1. The first kappa shape index (κ1) is 22.1. The lowest BCUT2D eigenvalue weighted by molar-refractivity contribution is 0.0829. The van der Waals surface area contributed by atoms with Crippen LogP contribution in [0.3, 0.4) is 0 Å². The molecule has 2 fully saturated rings. The van der Waals surface area contributed by atoms with Gasteiger partial charge in [-0.3, -0.25) is 9.69 Å². The third-order valence-electron chi connectivity index (χ3n) is 8.06. The molecule has 178 valence electrons. The van der Waals surface area contributed by atoms with Gasteiger partial charge in [-0.25, -0.2) is 0 Å². The van der Waals surface area contributed by atoms with Crippen LogP contribution < -0.4 is 5.32 Å². The topological polar surface area (TPSA) is 37.3 Å². The third kappa shape index (κ3) is 4.06. The van der Waals surface area contributed by atoms with Gasteiger partial charge in [0, 0.05) is 42.6 Å². The lowest BCUT2D eigenvalue weighted by atomic mass is 9.95. The average Bonchev–Trinajstić information content (AvgIpc) is 3.28. The summed E-state index contributed by atoms with van der Waals surface area (Å²) in [4.78, 5) is 16.6. The number of hydrogen-bond donors (Lipinski definition) is 1. The first-order valence-corrected chi connectivity index (χ1v) is 12.8. The highest BCUT2D eigenvalue weighted by Crippen LogP contribution is 2.38. The van der Waals surface area contributed by atoms with Crippen molar-refractivity contribution in [1.82, 2.24) is 14.8 Å². The largest absolute Gasteiger partial charge is 0.349 e. The van der Waals surface area contributed by atoms with Crippen LogP contribution in [0, 0.1) is 6.92 Å². The Morgan fingerprint density at radius 1 is 0.914 bits per heavy atom. The van der Waals surface area contributed by atoms with Crippen LogP contribution in [0.2, 0.25) is 0 Å². The fourth-order valence-corrected chi connectivity index (χ4v) is 6.42. The maximum absolute atomic E-state index is 13.9. The Bertz CT molecular complexity index is 1340. The third-order valence-corrected chi connectivity index (χ3v) is 8.06. The van der Waals surface area contributed by atoms with Gasteiger partial charge in [-0.2, -0.15) is 0 Å². The molecule has 3 atom stereocenters. The van der Waals surface area contributed by atoms with E-state index in [-0.39, 0.29) is 11.9 Å². The molecule has 1 amide bonds. The van der Waals surface area contributed by atoms with Gasteiger partial charge in [0.05, 0.1) is 11.3 Å². The maximum atomic E-state index is 13.9. The summed E-state index contributed by atoms with van der Waals surface area (Å²) < 4.78 is 2.17. The van der Waals surface area contributed by atoms with Crippen molar-refractivity contribution in [2.24, 2.45) is 7.05 Å². The molecule has 0 saturated carbocycles. The van der Waals surface area contributed by atoms with Crippen molar-refractivity contribution in [3.05, 3.63) is 95.6 Å². The number of amides is 1. The molecule has 35 heavy (non-hydrogen) atoms. The number of carbonyl (C=O) groups is 1. The van der Waals surface area contributed by atoms with E-state index in [0.29, 0.717) is 12.1 Å². The average molecular weight is 464 g/mol. The molecular formula is C31H33N3O. The van der Waals surface area contributed by atoms with E-state index in [1.54, 1.807) is 0 Å². The highest BCUT2D eigenvalue weighted by Gasteiger charge is 2.41. The molecule has 4 nitrogen and oxygen atoms in total. The van der Waals surface area contributed by atoms with Gasteiger partial charge in [0.2, 0.25) is 0 Å². The smallest absolute Gasteiger partial charge is 0.254 e. The minimum atomic E-state index is 0.0564. The predicted octanol–water partition coefficient (Wildman–Crippen LogP) is 6.08. The summed E-state index contributed by atoms with van der Waals surface area (Å²) in [5.41, 5.74) is 6.52. The molecule has 3 heterocycles. The van der Waals surface area contributed by atoms with Crippen molar-refractivity contribution < 1.29 is 4.79 Å². The van der Waals surface area contributed by atoms with Gasteiger partial charge in [-0.15, -0.1) is 0 Å². The van der Waals surface area contributed by atoms with Gasteiger partial charge in [0.25, 0.3) is 5.91 Å². The first-order valence-electron chi connectivity index (χ1n) is 12.8. The standard InChI is InChI=1S/C31H33N3O/c1-21-13-16-28-27(17-21)29(30(33(28)2)23-11-7-4-8-12-23)31(35)32-24-18-25-14-15-26(19-24)34(25)20-22-9-5-3-6-10-22/h3-13,16-17,24-26H,14-15,18-20H2,1-2H3,(H,32,35)/t24?,25-,26+. The fraction of sp³-hybridized carbons (Fsp3) is 0.323. The quantitative estimate of drug-likeness (QED) is 0.389. The molecule has 1 N–H and O–H groups in total. The summed E-state index contributed by atoms with van der Waals surface area (Å²) >= 11 is 0. The Kier molecular flexibility index (Phi) is 5.69. The van der Waals surface area contributed by atoms with Crippen LogP contribution in [0.25, 0.3) is 22.2 Å². The first-order chi connectivity index (χ1) is 17.1. The number of nitrogens with zero attached hydrogens (tertiary/aromatic N) is 2. The molecule has 6 rings (SSSR count). The lowest BCUT2D eigenvalue weighted by Crippen LogP contribution is -2.50. The number of aromatic nitrogens is 1. The van der Waals surface area contributed by atoms with E-state index < -0.39 is 0 Å². The van der Waals surface area contributed by atoms with Gasteiger partial charge < -0.3 is 9.88 Å². The van der Waals surface area contributed by atoms with Crippen LogP contribution in [0.15, 0.2) is 78.9 Å². The monoisotopic (exact) mass is 463 g/mol. The van der Waals surface area contributed by atoms with Crippen LogP contribution in [0.5, 0.6) is 0 Å². The number of nitrogens with one attached hydrogen (secondary N) is 1. The second kappa shape index (κ2) is 9.01. The van der Waals surface area contributed by atoms with Crippen LogP contribution >= 0.6 is 0 Å². The number of carbonyl (C=O) groups excluding carboxylic acids is 1. The Balaban J connectivity index is 1.28. The molecule has 4 aromatic rings. The van der Waals surface area contributed by atoms with Crippen molar-refractivity contribution in [3.8, 4) is 11.3 Å². The SMILES string of the molecule is Cc1ccc2c(c1)c(C(=O)NC1C[C@H]3CC[C@@H](C1)N3Cc1ccccc1)c(-c1ccccc1)n2C. The van der Waals surface area contributed by atoms with E-state index in [2.05, 4.69) is 89.4 Å². The summed E-state index contributed by atoms with van der Waals surface area (Å²) in [7, 11) is 2.07. The van der Waals surface area contributed by atoms with Gasteiger partial charge in [0.1, 0.15) is 0 Å². The molecule has 2 bridgehead atoms. The number of benzene rings is 3.